The summed E-state index contributed by atoms with van der Waals surface area (Å²) in [6.07, 6.45) is 6.39. The van der Waals surface area contributed by atoms with Crippen molar-refractivity contribution in [2.75, 3.05) is 21.3 Å². The third-order valence-electron chi connectivity index (χ3n) is 8.19. The Kier molecular flexibility index (Phi) is 10.2. The molecule has 0 unspecified atom stereocenters. The summed E-state index contributed by atoms with van der Waals surface area (Å²) in [4.78, 5) is 63.6. The zero-order valence-electron chi connectivity index (χ0n) is 26.7. The molecular weight excluding hydrogens is 608 g/mol. The Bertz CT molecular complexity index is 1710. The Hall–Kier alpha value is -5.19. The first-order chi connectivity index (χ1) is 22.6. The minimum Gasteiger partial charge on any atom is -0.495 e. The molecule has 0 aliphatic carbocycles. The van der Waals surface area contributed by atoms with Gasteiger partial charge in [0, 0.05) is 24.0 Å². The Morgan fingerprint density at radius 1 is 0.894 bits per heavy atom. The van der Waals surface area contributed by atoms with Crippen LogP contribution in [-0.4, -0.2) is 57.1 Å². The first kappa shape index (κ1) is 33.2. The van der Waals surface area contributed by atoms with Crippen molar-refractivity contribution in [3.05, 3.63) is 76.1 Å². The molecule has 0 N–H and O–H groups in total. The van der Waals surface area contributed by atoms with Gasteiger partial charge in [-0.05, 0) is 74.6 Å². The van der Waals surface area contributed by atoms with Gasteiger partial charge in [0.15, 0.2) is 0 Å². The summed E-state index contributed by atoms with van der Waals surface area (Å²) in [7, 11) is 3.90. The fraction of sp³-hybridized carbons (Fsp3) is 0.361. The number of methoxy groups -OCH3 is 3. The summed E-state index contributed by atoms with van der Waals surface area (Å²) in [6, 6.07) is 9.35. The van der Waals surface area contributed by atoms with E-state index in [1.165, 1.54) is 39.5 Å². The quantitative estimate of drug-likeness (QED) is 0.172. The van der Waals surface area contributed by atoms with Crippen LogP contribution in [0.15, 0.2) is 46.9 Å². The van der Waals surface area contributed by atoms with Crippen molar-refractivity contribution in [1.82, 2.24) is 0 Å². The molecule has 0 saturated heterocycles. The predicted molar refractivity (Wildman–Crippen MR) is 169 cm³/mol. The van der Waals surface area contributed by atoms with Crippen LogP contribution in [0.5, 0.6) is 11.5 Å². The Balaban J connectivity index is 1.60. The lowest BCUT2D eigenvalue weighted by Crippen LogP contribution is -2.24. The molecule has 47 heavy (non-hydrogen) atoms. The SMILES string of the molecule is COC(=O)c1cc(C(=O)OC)cc(-c2ccc([C@@H]3CC(=O)Oc4cc5c(c(OC)c43)C(=O)O[C@H](C)CCCC(=O)CCCC=C5)o2)c1. The smallest absolute Gasteiger partial charge is 0.342 e. The minimum atomic E-state index is -0.711. The molecule has 0 fully saturated rings. The number of furan rings is 1. The lowest BCUT2D eigenvalue weighted by Gasteiger charge is -2.27. The van der Waals surface area contributed by atoms with Gasteiger partial charge in [0.25, 0.3) is 0 Å². The number of allylic oxidation sites excluding steroid dienone is 1. The zero-order valence-corrected chi connectivity index (χ0v) is 26.7. The van der Waals surface area contributed by atoms with Crippen molar-refractivity contribution in [3.8, 4) is 22.8 Å². The zero-order chi connectivity index (χ0) is 33.7. The largest absolute Gasteiger partial charge is 0.495 e. The molecule has 11 heteroatoms. The Morgan fingerprint density at radius 2 is 1.60 bits per heavy atom. The summed E-state index contributed by atoms with van der Waals surface area (Å²) < 4.78 is 33.3. The monoisotopic (exact) mass is 644 g/mol. The van der Waals surface area contributed by atoms with Gasteiger partial charge in [-0.1, -0.05) is 12.2 Å². The number of rotatable bonds is 5. The maximum absolute atomic E-state index is 13.7. The van der Waals surface area contributed by atoms with Crippen LogP contribution in [0.1, 0.15) is 106 Å². The van der Waals surface area contributed by atoms with E-state index in [0.717, 1.165) is 0 Å². The van der Waals surface area contributed by atoms with Crippen LogP contribution in [-0.2, 0) is 23.8 Å². The lowest BCUT2D eigenvalue weighted by atomic mass is 9.86. The van der Waals surface area contributed by atoms with Gasteiger partial charge < -0.3 is 28.1 Å². The van der Waals surface area contributed by atoms with Crippen molar-refractivity contribution in [1.29, 1.82) is 0 Å². The molecule has 0 amide bonds. The topological polar surface area (TPSA) is 145 Å². The maximum Gasteiger partial charge on any atom is 0.342 e. The van der Waals surface area contributed by atoms with E-state index in [1.54, 1.807) is 31.2 Å². The molecule has 0 bridgehead atoms. The van der Waals surface area contributed by atoms with Gasteiger partial charge in [-0.3, -0.25) is 9.59 Å². The molecule has 11 nitrogen and oxygen atoms in total. The number of ether oxygens (including phenoxy) is 5. The standard InChI is InChI=1S/C36H36O11/c1-20-9-8-12-25(37)11-7-5-6-10-21-18-29-32(33(42-2)31(21)36(41)45-20)26(19-30(38)47-29)28-14-13-27(46-28)22-15-23(34(39)43-3)17-24(16-22)35(40)44-4/h6,10,13-18,20,26H,5,7-9,11-12,19H2,1-4H3/t20-,26+/m1/s1. The van der Waals surface area contributed by atoms with Gasteiger partial charge in [0.1, 0.15) is 34.4 Å². The highest BCUT2D eigenvalue weighted by Crippen LogP contribution is 2.48. The average Bonchev–Trinajstić information content (AvgIpc) is 3.56. The Labute approximate surface area is 271 Å². The average molecular weight is 645 g/mol. The van der Waals surface area contributed by atoms with Gasteiger partial charge in [-0.2, -0.15) is 0 Å². The normalized spacial score (nSPS) is 18.6. The van der Waals surface area contributed by atoms with Crippen LogP contribution in [0.4, 0.5) is 0 Å². The summed E-state index contributed by atoms with van der Waals surface area (Å²) >= 11 is 0. The van der Waals surface area contributed by atoms with Gasteiger partial charge in [-0.25, -0.2) is 14.4 Å². The van der Waals surface area contributed by atoms with Crippen LogP contribution in [0.25, 0.3) is 17.4 Å². The van der Waals surface area contributed by atoms with Crippen molar-refractivity contribution < 1.29 is 52.1 Å². The highest BCUT2D eigenvalue weighted by atomic mass is 16.6. The van der Waals surface area contributed by atoms with Crippen molar-refractivity contribution in [2.45, 2.75) is 63.9 Å². The molecule has 0 saturated carbocycles. The van der Waals surface area contributed by atoms with Gasteiger partial charge in [0.05, 0.1) is 50.9 Å². The van der Waals surface area contributed by atoms with Crippen molar-refractivity contribution in [2.24, 2.45) is 0 Å². The molecule has 0 radical (unpaired) electrons. The van der Waals surface area contributed by atoms with Gasteiger partial charge in [-0.15, -0.1) is 0 Å². The lowest BCUT2D eigenvalue weighted by molar-refractivity contribution is -0.135. The number of cyclic esters (lactones) is 1. The van der Waals surface area contributed by atoms with Crippen molar-refractivity contribution in [3.63, 3.8) is 0 Å². The fourth-order valence-corrected chi connectivity index (χ4v) is 5.89. The summed E-state index contributed by atoms with van der Waals surface area (Å²) in [6.45, 7) is 1.78. The van der Waals surface area contributed by atoms with E-state index < -0.39 is 35.9 Å². The number of hydrogen-bond acceptors (Lipinski definition) is 11. The van der Waals surface area contributed by atoms with Crippen molar-refractivity contribution >= 4 is 35.7 Å². The molecule has 2 aliphatic rings. The molecule has 3 aromatic rings. The number of carbonyl (C=O) groups excluding carboxylic acids is 5. The first-order valence-corrected chi connectivity index (χ1v) is 15.4. The maximum atomic E-state index is 13.7. The second kappa shape index (κ2) is 14.5. The molecule has 2 aromatic carbocycles. The van der Waals surface area contributed by atoms with Gasteiger partial charge in [0.2, 0.25) is 0 Å². The number of esters is 4. The number of benzene rings is 2. The molecule has 2 aliphatic heterocycles. The number of Topliss-reactive ketones (excluding diaryl/α,β-unsaturated/α-hetero) is 1. The third kappa shape index (κ3) is 7.29. The molecule has 2 atom stereocenters. The van der Waals surface area contributed by atoms with E-state index in [4.69, 9.17) is 28.1 Å². The number of hydrogen-bond donors (Lipinski definition) is 0. The molecular formula is C36H36O11. The summed E-state index contributed by atoms with van der Waals surface area (Å²) in [5.41, 5.74) is 1.71. The summed E-state index contributed by atoms with van der Waals surface area (Å²) in [5.74, 6) is -1.87. The van der Waals surface area contributed by atoms with E-state index in [1.807, 2.05) is 6.08 Å². The van der Waals surface area contributed by atoms with Crippen LogP contribution in [0.2, 0.25) is 0 Å². The van der Waals surface area contributed by atoms with Crippen LogP contribution in [0, 0.1) is 0 Å². The molecule has 3 heterocycles. The molecule has 1 aromatic heterocycles. The highest BCUT2D eigenvalue weighted by Gasteiger charge is 2.37. The number of ketones is 1. The first-order valence-electron chi connectivity index (χ1n) is 15.4. The minimum absolute atomic E-state index is 0.111. The predicted octanol–water partition coefficient (Wildman–Crippen LogP) is 6.45. The fourth-order valence-electron chi connectivity index (χ4n) is 5.89. The van der Waals surface area contributed by atoms with E-state index >= 15 is 0 Å². The number of fused-ring (bicyclic) bond motifs is 2. The second-order valence-electron chi connectivity index (χ2n) is 11.4. The van der Waals surface area contributed by atoms with Crippen LogP contribution >= 0.6 is 0 Å². The summed E-state index contributed by atoms with van der Waals surface area (Å²) in [5, 5.41) is 0. The third-order valence-corrected chi connectivity index (χ3v) is 8.19. The van der Waals surface area contributed by atoms with E-state index in [9.17, 15) is 24.0 Å². The van der Waals surface area contributed by atoms with E-state index in [2.05, 4.69) is 0 Å². The highest BCUT2D eigenvalue weighted by molar-refractivity contribution is 5.99. The molecule has 5 rings (SSSR count). The molecule has 246 valence electrons. The van der Waals surface area contributed by atoms with Crippen LogP contribution < -0.4 is 9.47 Å². The second-order valence-corrected chi connectivity index (χ2v) is 11.4. The Morgan fingerprint density at radius 3 is 2.28 bits per heavy atom. The van der Waals surface area contributed by atoms with E-state index in [0.29, 0.717) is 66.7 Å². The number of carbonyl (C=O) groups is 5. The van der Waals surface area contributed by atoms with E-state index in [-0.39, 0.29) is 40.4 Å². The van der Waals surface area contributed by atoms with Gasteiger partial charge >= 0.3 is 23.9 Å². The molecule has 0 spiro atoms. The van der Waals surface area contributed by atoms with Crippen LogP contribution in [0.3, 0.4) is 0 Å².